The zero-order chi connectivity index (χ0) is 4.12. The van der Waals surface area contributed by atoms with Gasteiger partial charge < -0.3 is 0 Å². The van der Waals surface area contributed by atoms with E-state index in [9.17, 15) is 0 Å². The molecule has 0 aliphatic carbocycles. The first kappa shape index (κ1) is 5.24. The van der Waals surface area contributed by atoms with Crippen molar-refractivity contribution in [2.24, 2.45) is 2.89 Å². The van der Waals surface area contributed by atoms with Crippen LogP contribution in [0.5, 0.6) is 0 Å². The summed E-state index contributed by atoms with van der Waals surface area (Å²) in [5, 5.41) is 0. The summed E-state index contributed by atoms with van der Waals surface area (Å²) in [4.78, 5) is 8.99. The average molecular weight is 268 g/mol. The van der Waals surface area contributed by atoms with Crippen LogP contribution in [0.25, 0.3) is 0 Å². The first-order chi connectivity index (χ1) is 2.41. The Labute approximate surface area is 41.5 Å². The Morgan fingerprint density at radius 1 is 2.00 bits per heavy atom. The van der Waals surface area contributed by atoms with E-state index in [2.05, 4.69) is 2.89 Å². The number of isocyanates is 1. The fourth-order valence-electron chi connectivity index (χ4n) is 0.0167. The van der Waals surface area contributed by atoms with Crippen LogP contribution in [0.15, 0.2) is 2.89 Å². The second-order valence-corrected chi connectivity index (χ2v) is 1.61. The molecule has 0 aliphatic rings. The summed E-state index contributed by atoms with van der Waals surface area (Å²) in [7, 11) is 0. The van der Waals surface area contributed by atoms with Gasteiger partial charge in [0.1, 0.15) is 0 Å². The van der Waals surface area contributed by atoms with Gasteiger partial charge in [-0.2, -0.15) is 0 Å². The SMILES string of the molecule is O=C=[N][Po][OH]. The molecule has 0 unspecified atom stereocenters. The van der Waals surface area contributed by atoms with Crippen molar-refractivity contribution in [3.63, 3.8) is 0 Å². The van der Waals surface area contributed by atoms with Crippen molar-refractivity contribution in [2.45, 2.75) is 0 Å². The van der Waals surface area contributed by atoms with Crippen molar-refractivity contribution in [1.29, 1.82) is 0 Å². The van der Waals surface area contributed by atoms with Crippen LogP contribution in [-0.4, -0.2) is 33.5 Å². The number of rotatable bonds is 1. The standard InChI is InChI=1S/CNO.H2O.Po/c2-1-3;;/h;1H2;/q-1;;+2/p-1. The van der Waals surface area contributed by atoms with Crippen LogP contribution in [0.1, 0.15) is 0 Å². The average Bonchev–Trinajstić information content (AvgIpc) is 1.41. The molecule has 4 heteroatoms. The third kappa shape index (κ3) is 4.24. The van der Waals surface area contributed by atoms with Crippen molar-refractivity contribution in [2.75, 3.05) is 0 Å². The third-order valence-electron chi connectivity index (χ3n) is 0.0781. The van der Waals surface area contributed by atoms with E-state index in [0.717, 1.165) is 0 Å². The Balaban J connectivity index is 2.93. The fraction of sp³-hybridized carbons (Fsp3) is 0. The van der Waals surface area contributed by atoms with Crippen molar-refractivity contribution in [3.8, 4) is 0 Å². The molecule has 0 aromatic rings. The summed E-state index contributed by atoms with van der Waals surface area (Å²) in [6.45, 7) is 0. The molecular formula is CHNO2Po. The number of hydrogen-bond donors (Lipinski definition) is 1. The van der Waals surface area contributed by atoms with Gasteiger partial charge in [0.15, 0.2) is 0 Å². The first-order valence-corrected chi connectivity index (χ1v) is 3.63. The van der Waals surface area contributed by atoms with Gasteiger partial charge >= 0.3 is 41.2 Å². The monoisotopic (exact) mass is 268 g/mol. The van der Waals surface area contributed by atoms with Gasteiger partial charge in [0.2, 0.25) is 0 Å². The molecule has 0 heterocycles. The van der Waals surface area contributed by atoms with E-state index in [1.165, 1.54) is 6.08 Å². The Morgan fingerprint density at radius 3 is 2.60 bits per heavy atom. The Kier molecular flexibility index (Phi) is 4.44. The van der Waals surface area contributed by atoms with Gasteiger partial charge in [0.05, 0.1) is 0 Å². The van der Waals surface area contributed by atoms with Crippen LogP contribution in [0.3, 0.4) is 0 Å². The van der Waals surface area contributed by atoms with E-state index in [1.54, 1.807) is 0 Å². The molecule has 0 radical (unpaired) electrons. The van der Waals surface area contributed by atoms with Gasteiger partial charge in [-0.15, -0.1) is 0 Å². The third-order valence-corrected chi connectivity index (χ3v) is 0.685. The molecule has 0 aromatic carbocycles. The molecule has 0 fully saturated rings. The Bertz CT molecular complexity index is 56.7. The Hall–Kier alpha value is 0.236. The van der Waals surface area contributed by atoms with E-state index in [1.807, 2.05) is 0 Å². The maximum absolute atomic E-state index is 8.99. The van der Waals surface area contributed by atoms with Gasteiger partial charge in [-0.3, -0.25) is 0 Å². The number of carbonyl (C=O) groups excluding carboxylic acids is 1. The molecule has 28 valence electrons. The van der Waals surface area contributed by atoms with Crippen molar-refractivity contribution in [3.05, 3.63) is 0 Å². The van der Waals surface area contributed by atoms with E-state index >= 15 is 0 Å². The van der Waals surface area contributed by atoms with Crippen molar-refractivity contribution < 1.29 is 7.94 Å². The summed E-state index contributed by atoms with van der Waals surface area (Å²) in [5.74, 6) is 0. The minimum atomic E-state index is -1.57. The molecular weight excluding hydrogens is 267 g/mol. The molecule has 0 saturated carbocycles. The molecule has 0 aromatic heterocycles. The van der Waals surface area contributed by atoms with E-state index in [0.29, 0.717) is 0 Å². The van der Waals surface area contributed by atoms with Crippen molar-refractivity contribution >= 4 is 30.4 Å². The van der Waals surface area contributed by atoms with Gasteiger partial charge in [0, 0.05) is 0 Å². The van der Waals surface area contributed by atoms with Crippen LogP contribution in [0.4, 0.5) is 0 Å². The van der Waals surface area contributed by atoms with E-state index in [4.69, 9.17) is 7.94 Å². The zero-order valence-electron chi connectivity index (χ0n) is 2.21. The quantitative estimate of drug-likeness (QED) is 0.482. The first-order valence-electron chi connectivity index (χ1n) is 0.793. The molecule has 1 N–H and O–H groups in total. The second kappa shape index (κ2) is 4.24. The van der Waals surface area contributed by atoms with E-state index in [-0.39, 0.29) is 0 Å². The van der Waals surface area contributed by atoms with Crippen LogP contribution in [0.2, 0.25) is 0 Å². The maximum atomic E-state index is 8.99. The molecule has 0 rings (SSSR count). The molecule has 0 aliphatic heterocycles. The van der Waals surface area contributed by atoms with Crippen LogP contribution < -0.4 is 0 Å². The van der Waals surface area contributed by atoms with E-state index < -0.39 is 24.3 Å². The van der Waals surface area contributed by atoms with Gasteiger partial charge in [-0.1, -0.05) is 0 Å². The summed E-state index contributed by atoms with van der Waals surface area (Å²) in [5.41, 5.74) is 0. The topological polar surface area (TPSA) is 49.7 Å². The zero-order valence-corrected chi connectivity index (χ0v) is 5.39. The van der Waals surface area contributed by atoms with Crippen LogP contribution in [-0.2, 0) is 4.79 Å². The normalized spacial score (nSPS) is 5.80. The van der Waals surface area contributed by atoms with Crippen LogP contribution in [0, 0.1) is 0 Å². The number of hydrogen-bond acceptors (Lipinski definition) is 3. The van der Waals surface area contributed by atoms with Crippen molar-refractivity contribution in [1.82, 2.24) is 0 Å². The predicted molar refractivity (Wildman–Crippen MR) is 16.1 cm³/mol. The Morgan fingerprint density at radius 2 is 2.60 bits per heavy atom. The molecule has 0 amide bonds. The van der Waals surface area contributed by atoms with Crippen LogP contribution >= 0.6 is 0 Å². The number of nitrogens with zero attached hydrogens (tertiary/aromatic N) is 1. The second-order valence-electron chi connectivity index (χ2n) is 0.264. The molecule has 3 nitrogen and oxygen atoms in total. The summed E-state index contributed by atoms with van der Waals surface area (Å²) < 4.78 is 10.7. The molecule has 0 spiro atoms. The molecule has 0 atom stereocenters. The molecule has 5 heavy (non-hydrogen) atoms. The summed E-state index contributed by atoms with van der Waals surface area (Å²) >= 11 is -1.57. The van der Waals surface area contributed by atoms with Gasteiger partial charge in [-0.05, 0) is 0 Å². The fourth-order valence-corrected chi connectivity index (χ4v) is 0.146. The van der Waals surface area contributed by atoms with Gasteiger partial charge in [-0.25, -0.2) is 0 Å². The summed E-state index contributed by atoms with van der Waals surface area (Å²) in [6, 6.07) is 0. The summed E-state index contributed by atoms with van der Waals surface area (Å²) in [6.07, 6.45) is 1.22. The molecule has 0 saturated heterocycles. The minimum absolute atomic E-state index is 1.22. The molecule has 0 bridgehead atoms. The predicted octanol–water partition coefficient (Wildman–Crippen LogP) is -1.15. The van der Waals surface area contributed by atoms with Gasteiger partial charge in [0.25, 0.3) is 0 Å².